The van der Waals surface area contributed by atoms with Crippen molar-refractivity contribution in [3.8, 4) is 0 Å². The van der Waals surface area contributed by atoms with E-state index in [1.807, 2.05) is 18.2 Å². The summed E-state index contributed by atoms with van der Waals surface area (Å²) >= 11 is 11.4. The maximum Gasteiger partial charge on any atom is 0.178 e. The third-order valence-electron chi connectivity index (χ3n) is 3.38. The van der Waals surface area contributed by atoms with E-state index in [-0.39, 0.29) is 5.54 Å². The normalized spacial score (nSPS) is 24.6. The molecule has 0 aliphatic carbocycles. The maximum atomic E-state index is 5.99. The van der Waals surface area contributed by atoms with Crippen LogP contribution in [0.2, 0.25) is 5.02 Å². The molecule has 2 aromatic rings. The van der Waals surface area contributed by atoms with Crippen LogP contribution in [0.25, 0.3) is 11.0 Å². The molecule has 3 rings (SSSR count). The standard InChI is InChI=1S/C12H13ClN2OS/c1-12(4-5-16-7-12)15-10-3-2-8(13)6-9(10)14-11(15)17/h2-3,6H,4-5,7H2,1H3,(H,14,17). The number of aromatic nitrogens is 2. The lowest BCUT2D eigenvalue weighted by Crippen LogP contribution is -2.30. The van der Waals surface area contributed by atoms with Crippen molar-refractivity contribution in [2.24, 2.45) is 0 Å². The molecular weight excluding hydrogens is 256 g/mol. The Morgan fingerprint density at radius 2 is 2.35 bits per heavy atom. The second kappa shape index (κ2) is 3.83. The lowest BCUT2D eigenvalue weighted by molar-refractivity contribution is 0.162. The maximum absolute atomic E-state index is 5.99. The van der Waals surface area contributed by atoms with E-state index in [1.165, 1.54) is 0 Å². The average Bonchev–Trinajstić information content (AvgIpc) is 2.81. The van der Waals surface area contributed by atoms with Crippen LogP contribution in [-0.2, 0) is 10.3 Å². The highest BCUT2D eigenvalue weighted by Crippen LogP contribution is 2.31. The second-order valence-corrected chi connectivity index (χ2v) is 5.55. The molecule has 1 fully saturated rings. The van der Waals surface area contributed by atoms with Gasteiger partial charge in [-0.2, -0.15) is 0 Å². The Balaban J connectivity index is 2.29. The van der Waals surface area contributed by atoms with Gasteiger partial charge in [0.1, 0.15) is 0 Å². The van der Waals surface area contributed by atoms with E-state index in [1.54, 1.807) is 0 Å². The summed E-state index contributed by atoms with van der Waals surface area (Å²) in [6.07, 6.45) is 0.983. The fourth-order valence-electron chi connectivity index (χ4n) is 2.45. The summed E-state index contributed by atoms with van der Waals surface area (Å²) in [5.74, 6) is 0. The first kappa shape index (κ1) is 11.3. The van der Waals surface area contributed by atoms with Crippen LogP contribution in [0.3, 0.4) is 0 Å². The van der Waals surface area contributed by atoms with Crippen molar-refractivity contribution >= 4 is 34.9 Å². The number of hydrogen-bond donors (Lipinski definition) is 1. The molecule has 1 aliphatic heterocycles. The molecule has 1 aliphatic rings. The summed E-state index contributed by atoms with van der Waals surface area (Å²) in [7, 11) is 0. The van der Waals surface area contributed by atoms with Crippen LogP contribution < -0.4 is 0 Å². The number of benzene rings is 1. The first-order chi connectivity index (χ1) is 8.10. The van der Waals surface area contributed by atoms with Crippen LogP contribution in [0.1, 0.15) is 13.3 Å². The van der Waals surface area contributed by atoms with Crippen LogP contribution >= 0.6 is 23.8 Å². The Hall–Kier alpha value is -0.840. The smallest absolute Gasteiger partial charge is 0.178 e. The predicted molar refractivity (Wildman–Crippen MR) is 71.2 cm³/mol. The van der Waals surface area contributed by atoms with Crippen LogP contribution in [0.4, 0.5) is 0 Å². The van der Waals surface area contributed by atoms with Crippen LogP contribution in [-0.4, -0.2) is 22.8 Å². The molecule has 1 aromatic carbocycles. The van der Waals surface area contributed by atoms with E-state index in [0.29, 0.717) is 11.6 Å². The highest BCUT2D eigenvalue weighted by atomic mass is 35.5. The Labute approximate surface area is 109 Å². The van der Waals surface area contributed by atoms with Gasteiger partial charge in [-0.3, -0.25) is 0 Å². The monoisotopic (exact) mass is 268 g/mol. The van der Waals surface area contributed by atoms with Gasteiger partial charge in [0, 0.05) is 11.6 Å². The van der Waals surface area contributed by atoms with Crippen molar-refractivity contribution in [3.05, 3.63) is 28.0 Å². The number of aromatic amines is 1. The number of nitrogens with zero attached hydrogens (tertiary/aromatic N) is 1. The van der Waals surface area contributed by atoms with Gasteiger partial charge < -0.3 is 14.3 Å². The molecule has 0 saturated carbocycles. The van der Waals surface area contributed by atoms with Crippen molar-refractivity contribution in [1.29, 1.82) is 0 Å². The van der Waals surface area contributed by atoms with E-state index in [2.05, 4.69) is 16.5 Å². The van der Waals surface area contributed by atoms with Gasteiger partial charge in [-0.15, -0.1) is 0 Å². The number of nitrogens with one attached hydrogen (secondary N) is 1. The van der Waals surface area contributed by atoms with E-state index in [9.17, 15) is 0 Å². The van der Waals surface area contributed by atoms with Gasteiger partial charge in [0.25, 0.3) is 0 Å². The molecule has 0 radical (unpaired) electrons. The third-order valence-corrected chi connectivity index (χ3v) is 3.90. The molecule has 1 unspecified atom stereocenters. The van der Waals surface area contributed by atoms with Gasteiger partial charge in [-0.05, 0) is 43.8 Å². The molecule has 90 valence electrons. The van der Waals surface area contributed by atoms with Gasteiger partial charge in [-0.25, -0.2) is 0 Å². The zero-order chi connectivity index (χ0) is 12.0. The van der Waals surface area contributed by atoms with Crippen LogP contribution in [0.15, 0.2) is 18.2 Å². The number of fused-ring (bicyclic) bond motifs is 1. The molecule has 0 amide bonds. The molecule has 0 spiro atoms. The fraction of sp³-hybridized carbons (Fsp3) is 0.417. The van der Waals surface area contributed by atoms with E-state index in [4.69, 9.17) is 28.6 Å². The predicted octanol–water partition coefficient (Wildman–Crippen LogP) is 3.49. The topological polar surface area (TPSA) is 29.9 Å². The molecule has 1 aromatic heterocycles. The van der Waals surface area contributed by atoms with Crippen molar-refractivity contribution in [2.45, 2.75) is 18.9 Å². The number of H-pyrrole nitrogens is 1. The molecule has 1 atom stereocenters. The molecule has 0 bridgehead atoms. The quantitative estimate of drug-likeness (QED) is 0.803. The Kier molecular flexibility index (Phi) is 2.54. The minimum Gasteiger partial charge on any atom is -0.379 e. The first-order valence-corrected chi connectivity index (χ1v) is 6.37. The summed E-state index contributed by atoms with van der Waals surface area (Å²) < 4.78 is 8.39. The van der Waals surface area contributed by atoms with Crippen LogP contribution in [0, 0.1) is 4.77 Å². The number of hydrogen-bond acceptors (Lipinski definition) is 2. The van der Waals surface area contributed by atoms with Gasteiger partial charge >= 0.3 is 0 Å². The van der Waals surface area contributed by atoms with E-state index < -0.39 is 0 Å². The van der Waals surface area contributed by atoms with E-state index >= 15 is 0 Å². The van der Waals surface area contributed by atoms with Gasteiger partial charge in [0.15, 0.2) is 4.77 Å². The number of ether oxygens (including phenoxy) is 1. The Bertz CT molecular complexity index is 625. The summed E-state index contributed by atoms with van der Waals surface area (Å²) in [5, 5.41) is 0.716. The molecule has 17 heavy (non-hydrogen) atoms. The zero-order valence-corrected chi connectivity index (χ0v) is 11.1. The molecular formula is C12H13ClN2OS. The van der Waals surface area contributed by atoms with E-state index in [0.717, 1.165) is 28.8 Å². The van der Waals surface area contributed by atoms with Gasteiger partial charge in [0.05, 0.1) is 23.2 Å². The molecule has 1 N–H and O–H groups in total. The molecule has 3 nitrogen and oxygen atoms in total. The minimum atomic E-state index is -0.0524. The van der Waals surface area contributed by atoms with Crippen molar-refractivity contribution in [3.63, 3.8) is 0 Å². The lowest BCUT2D eigenvalue weighted by atomic mass is 10.0. The SMILES string of the molecule is CC1(n2c(=S)[nH]c3cc(Cl)ccc32)CCOC1. The number of imidazole rings is 1. The number of rotatable bonds is 1. The lowest BCUT2D eigenvalue weighted by Gasteiger charge is -2.24. The Morgan fingerprint density at radius 3 is 3.06 bits per heavy atom. The summed E-state index contributed by atoms with van der Waals surface area (Å²) in [6, 6.07) is 5.80. The number of halogens is 1. The van der Waals surface area contributed by atoms with Crippen LogP contribution in [0.5, 0.6) is 0 Å². The van der Waals surface area contributed by atoms with Crippen molar-refractivity contribution in [1.82, 2.24) is 9.55 Å². The highest BCUT2D eigenvalue weighted by molar-refractivity contribution is 7.71. The van der Waals surface area contributed by atoms with Gasteiger partial charge in [0.2, 0.25) is 0 Å². The molecule has 2 heterocycles. The molecule has 1 saturated heterocycles. The zero-order valence-electron chi connectivity index (χ0n) is 9.50. The molecule has 5 heteroatoms. The van der Waals surface area contributed by atoms with Crippen molar-refractivity contribution in [2.75, 3.05) is 13.2 Å². The first-order valence-electron chi connectivity index (χ1n) is 5.59. The summed E-state index contributed by atoms with van der Waals surface area (Å²) in [5.41, 5.74) is 2.02. The summed E-state index contributed by atoms with van der Waals surface area (Å²) in [4.78, 5) is 3.21. The fourth-order valence-corrected chi connectivity index (χ4v) is 3.05. The minimum absolute atomic E-state index is 0.0524. The third kappa shape index (κ3) is 1.71. The average molecular weight is 269 g/mol. The Morgan fingerprint density at radius 1 is 1.53 bits per heavy atom. The highest BCUT2D eigenvalue weighted by Gasteiger charge is 2.33. The van der Waals surface area contributed by atoms with Gasteiger partial charge in [-0.1, -0.05) is 11.6 Å². The summed E-state index contributed by atoms with van der Waals surface area (Å²) in [6.45, 7) is 3.67. The van der Waals surface area contributed by atoms with Crippen molar-refractivity contribution < 1.29 is 4.74 Å². The second-order valence-electron chi connectivity index (χ2n) is 4.73. The largest absolute Gasteiger partial charge is 0.379 e.